The first kappa shape index (κ1) is 17.7. The molecule has 0 spiro atoms. The van der Waals surface area contributed by atoms with Gasteiger partial charge in [-0.2, -0.15) is 8.42 Å². The van der Waals surface area contributed by atoms with E-state index in [0.717, 1.165) is 10.8 Å². The van der Waals surface area contributed by atoms with Crippen LogP contribution >= 0.6 is 0 Å². The van der Waals surface area contributed by atoms with Gasteiger partial charge in [0.25, 0.3) is 5.91 Å². The van der Waals surface area contributed by atoms with Crippen molar-refractivity contribution in [1.29, 1.82) is 0 Å². The monoisotopic (exact) mass is 373 g/mol. The van der Waals surface area contributed by atoms with Crippen LogP contribution in [0.25, 0.3) is 10.8 Å². The molecule has 0 aliphatic rings. The SMILES string of the molecule is Cc1cc(OS(=O)(=O)O)ccc1NC(=O)c1cc2ccccc2cc1O. The van der Waals surface area contributed by atoms with E-state index in [1.165, 1.54) is 24.3 Å². The molecule has 3 aromatic carbocycles. The molecule has 0 unspecified atom stereocenters. The van der Waals surface area contributed by atoms with Gasteiger partial charge in [-0.3, -0.25) is 9.35 Å². The van der Waals surface area contributed by atoms with E-state index in [4.69, 9.17) is 4.55 Å². The molecule has 3 N–H and O–H groups in total. The van der Waals surface area contributed by atoms with Crippen molar-refractivity contribution in [2.75, 3.05) is 5.32 Å². The quantitative estimate of drug-likeness (QED) is 0.605. The number of nitrogens with one attached hydrogen (secondary N) is 1. The summed E-state index contributed by atoms with van der Waals surface area (Å²) in [6.07, 6.45) is 0. The number of aryl methyl sites for hydroxylation is 1. The van der Waals surface area contributed by atoms with Gasteiger partial charge < -0.3 is 14.6 Å². The van der Waals surface area contributed by atoms with Crippen LogP contribution in [0, 0.1) is 6.92 Å². The summed E-state index contributed by atoms with van der Waals surface area (Å²) in [4.78, 5) is 12.5. The van der Waals surface area contributed by atoms with Gasteiger partial charge in [-0.1, -0.05) is 24.3 Å². The Balaban J connectivity index is 1.87. The Kier molecular flexibility index (Phi) is 4.54. The van der Waals surface area contributed by atoms with Crippen LogP contribution in [0.1, 0.15) is 15.9 Å². The zero-order chi connectivity index (χ0) is 18.9. The molecule has 0 radical (unpaired) electrons. The standard InChI is InChI=1S/C18H15NO6S/c1-11-8-14(25-26(22,23)24)6-7-16(11)19-18(21)15-9-12-4-2-3-5-13(12)10-17(15)20/h2-10,20H,1H3,(H,19,21)(H,22,23,24). The number of aromatic hydroxyl groups is 1. The minimum absolute atomic E-state index is 0.0865. The molecule has 0 aliphatic heterocycles. The molecular formula is C18H15NO6S. The average molecular weight is 373 g/mol. The van der Waals surface area contributed by atoms with Gasteiger partial charge in [-0.15, -0.1) is 0 Å². The highest BCUT2D eigenvalue weighted by Crippen LogP contribution is 2.27. The Bertz CT molecular complexity index is 1110. The molecule has 1 amide bonds. The lowest BCUT2D eigenvalue weighted by Gasteiger charge is -2.11. The molecule has 0 aromatic heterocycles. The minimum Gasteiger partial charge on any atom is -0.507 e. The summed E-state index contributed by atoms with van der Waals surface area (Å²) in [7, 11) is -4.62. The van der Waals surface area contributed by atoms with Gasteiger partial charge in [0.2, 0.25) is 0 Å². The van der Waals surface area contributed by atoms with E-state index in [-0.39, 0.29) is 17.1 Å². The maximum Gasteiger partial charge on any atom is 0.446 e. The van der Waals surface area contributed by atoms with E-state index >= 15 is 0 Å². The fraction of sp³-hybridized carbons (Fsp3) is 0.0556. The fourth-order valence-corrected chi connectivity index (χ4v) is 2.90. The lowest BCUT2D eigenvalue weighted by Crippen LogP contribution is -2.13. The predicted molar refractivity (Wildman–Crippen MR) is 96.9 cm³/mol. The number of carbonyl (C=O) groups excluding carboxylic acids is 1. The summed E-state index contributed by atoms with van der Waals surface area (Å²) in [5.41, 5.74) is 1.03. The van der Waals surface area contributed by atoms with Crippen molar-refractivity contribution in [3.8, 4) is 11.5 Å². The summed E-state index contributed by atoms with van der Waals surface area (Å²) in [6, 6.07) is 14.5. The second-order valence-electron chi connectivity index (χ2n) is 5.66. The van der Waals surface area contributed by atoms with E-state index in [1.54, 1.807) is 13.0 Å². The smallest absolute Gasteiger partial charge is 0.446 e. The highest BCUT2D eigenvalue weighted by atomic mass is 32.3. The molecule has 0 aliphatic carbocycles. The van der Waals surface area contributed by atoms with Crippen LogP contribution < -0.4 is 9.50 Å². The third-order valence-electron chi connectivity index (χ3n) is 3.76. The van der Waals surface area contributed by atoms with Gasteiger partial charge in [0.15, 0.2) is 0 Å². The van der Waals surface area contributed by atoms with Crippen molar-refractivity contribution in [2.45, 2.75) is 6.92 Å². The first-order chi connectivity index (χ1) is 12.2. The first-order valence-corrected chi connectivity index (χ1v) is 8.90. The first-order valence-electron chi connectivity index (χ1n) is 7.53. The summed E-state index contributed by atoms with van der Waals surface area (Å²) < 4.78 is 34.5. The number of benzene rings is 3. The second-order valence-corrected chi connectivity index (χ2v) is 6.68. The summed E-state index contributed by atoms with van der Waals surface area (Å²) in [5, 5.41) is 14.4. The molecule has 0 atom stereocenters. The molecule has 134 valence electrons. The van der Waals surface area contributed by atoms with E-state index in [2.05, 4.69) is 9.50 Å². The molecule has 0 heterocycles. The Labute approximate surface area is 149 Å². The normalized spacial score (nSPS) is 11.3. The van der Waals surface area contributed by atoms with Gasteiger partial charge in [0.1, 0.15) is 11.5 Å². The largest absolute Gasteiger partial charge is 0.507 e. The van der Waals surface area contributed by atoms with E-state index in [0.29, 0.717) is 11.3 Å². The van der Waals surface area contributed by atoms with Crippen LogP contribution in [0.5, 0.6) is 11.5 Å². The molecule has 3 rings (SSSR count). The molecule has 0 saturated carbocycles. The average Bonchev–Trinajstić information content (AvgIpc) is 2.55. The lowest BCUT2D eigenvalue weighted by molar-refractivity contribution is 0.102. The minimum atomic E-state index is -4.62. The number of hydrogen-bond acceptors (Lipinski definition) is 5. The van der Waals surface area contributed by atoms with Crippen LogP contribution in [0.15, 0.2) is 54.6 Å². The predicted octanol–water partition coefficient (Wildman–Crippen LogP) is 3.29. The van der Waals surface area contributed by atoms with Gasteiger partial charge in [0, 0.05) is 5.69 Å². The Morgan fingerprint density at radius 3 is 2.31 bits per heavy atom. The van der Waals surface area contributed by atoms with Crippen molar-refractivity contribution >= 4 is 32.8 Å². The van der Waals surface area contributed by atoms with Crippen molar-refractivity contribution in [1.82, 2.24) is 0 Å². The van der Waals surface area contributed by atoms with Gasteiger partial charge in [-0.25, -0.2) is 0 Å². The number of fused-ring (bicyclic) bond motifs is 1. The maximum absolute atomic E-state index is 12.5. The maximum atomic E-state index is 12.5. The van der Waals surface area contributed by atoms with Crippen LogP contribution in [0.4, 0.5) is 5.69 Å². The van der Waals surface area contributed by atoms with Crippen molar-refractivity contribution in [3.63, 3.8) is 0 Å². The van der Waals surface area contributed by atoms with Crippen molar-refractivity contribution in [2.24, 2.45) is 0 Å². The van der Waals surface area contributed by atoms with E-state index in [1.807, 2.05) is 24.3 Å². The zero-order valence-corrected chi connectivity index (χ0v) is 14.4. The van der Waals surface area contributed by atoms with Gasteiger partial charge >= 0.3 is 10.4 Å². The number of anilines is 1. The topological polar surface area (TPSA) is 113 Å². The number of carbonyl (C=O) groups is 1. The Hall–Kier alpha value is -3.10. The van der Waals surface area contributed by atoms with Crippen LogP contribution in [-0.4, -0.2) is 24.0 Å². The van der Waals surface area contributed by atoms with Crippen LogP contribution in [0.3, 0.4) is 0 Å². The number of hydrogen-bond donors (Lipinski definition) is 3. The van der Waals surface area contributed by atoms with Crippen molar-refractivity contribution in [3.05, 3.63) is 65.7 Å². The third kappa shape index (κ3) is 3.93. The highest BCUT2D eigenvalue weighted by Gasteiger charge is 2.15. The molecule has 26 heavy (non-hydrogen) atoms. The number of phenols is 1. The summed E-state index contributed by atoms with van der Waals surface area (Å²) in [5.74, 6) is -0.749. The third-order valence-corrected chi connectivity index (χ3v) is 4.16. The zero-order valence-electron chi connectivity index (χ0n) is 13.6. The Morgan fingerprint density at radius 2 is 1.69 bits per heavy atom. The molecule has 0 bridgehead atoms. The van der Waals surface area contributed by atoms with Gasteiger partial charge in [-0.05, 0) is 53.6 Å². The number of amides is 1. The molecule has 3 aromatic rings. The van der Waals surface area contributed by atoms with Crippen molar-refractivity contribution < 1.29 is 27.1 Å². The Morgan fingerprint density at radius 1 is 1.04 bits per heavy atom. The number of rotatable bonds is 4. The fourth-order valence-electron chi connectivity index (χ4n) is 2.55. The molecule has 0 saturated heterocycles. The summed E-state index contributed by atoms with van der Waals surface area (Å²) in [6.45, 7) is 1.63. The lowest BCUT2D eigenvalue weighted by atomic mass is 10.1. The van der Waals surface area contributed by atoms with Crippen LogP contribution in [0.2, 0.25) is 0 Å². The molecule has 7 nitrogen and oxygen atoms in total. The van der Waals surface area contributed by atoms with E-state index in [9.17, 15) is 18.3 Å². The van der Waals surface area contributed by atoms with Crippen LogP contribution in [-0.2, 0) is 10.4 Å². The highest BCUT2D eigenvalue weighted by molar-refractivity contribution is 7.81. The molecular weight excluding hydrogens is 358 g/mol. The van der Waals surface area contributed by atoms with E-state index < -0.39 is 16.3 Å². The molecule has 8 heteroatoms. The van der Waals surface area contributed by atoms with Gasteiger partial charge in [0.05, 0.1) is 5.56 Å². The molecule has 0 fully saturated rings. The second kappa shape index (κ2) is 6.66. The summed E-state index contributed by atoms with van der Waals surface area (Å²) >= 11 is 0. The number of phenolic OH excluding ortho intramolecular Hbond substituents is 1.